The number of benzene rings is 1. The average Bonchev–Trinajstić information content (AvgIpc) is 2.46. The lowest BCUT2D eigenvalue weighted by molar-refractivity contribution is -0.385. The highest BCUT2D eigenvalue weighted by atomic mass is 16.6. The molecule has 1 heterocycles. The Kier molecular flexibility index (Phi) is 1.70. The number of nitrogens with zero attached hydrogens (tertiary/aromatic N) is 4. The molecule has 6 nitrogen and oxygen atoms in total. The smallest absolute Gasteiger partial charge is 0.258 e. The van der Waals surface area contributed by atoms with Crippen LogP contribution >= 0.6 is 0 Å². The molecule has 2 aromatic rings. The molecule has 2 rings (SSSR count). The van der Waals surface area contributed by atoms with Gasteiger partial charge in [0.05, 0.1) is 10.4 Å². The van der Waals surface area contributed by atoms with E-state index in [0.717, 1.165) is 5.52 Å². The van der Waals surface area contributed by atoms with E-state index in [1.165, 1.54) is 6.07 Å². The van der Waals surface area contributed by atoms with Crippen LogP contribution in [0.25, 0.3) is 11.0 Å². The highest BCUT2D eigenvalue weighted by Gasteiger charge is 2.13. The molecule has 0 amide bonds. The van der Waals surface area contributed by atoms with Gasteiger partial charge in [-0.05, 0) is 13.0 Å². The van der Waals surface area contributed by atoms with Crippen LogP contribution in [-0.2, 0) is 7.05 Å². The van der Waals surface area contributed by atoms with Crippen LogP contribution in [0.5, 0.6) is 0 Å². The predicted molar refractivity (Wildman–Crippen MR) is 49.9 cm³/mol. The van der Waals surface area contributed by atoms with Crippen LogP contribution in [0, 0.1) is 17.0 Å². The monoisotopic (exact) mass is 192 g/mol. The molecule has 0 aliphatic carbocycles. The molecule has 0 bridgehead atoms. The van der Waals surface area contributed by atoms with Gasteiger partial charge in [0.15, 0.2) is 0 Å². The number of hydrogen-bond donors (Lipinski definition) is 0. The maximum atomic E-state index is 10.6. The highest BCUT2D eigenvalue weighted by Crippen LogP contribution is 2.23. The van der Waals surface area contributed by atoms with Crippen LogP contribution in [0.15, 0.2) is 12.1 Å². The van der Waals surface area contributed by atoms with Gasteiger partial charge in [-0.25, -0.2) is 4.68 Å². The number of rotatable bonds is 1. The van der Waals surface area contributed by atoms with Crippen LogP contribution < -0.4 is 0 Å². The number of nitro benzene ring substituents is 1. The van der Waals surface area contributed by atoms with Crippen molar-refractivity contribution >= 4 is 16.7 Å². The van der Waals surface area contributed by atoms with Crippen molar-refractivity contribution in [3.63, 3.8) is 0 Å². The van der Waals surface area contributed by atoms with Gasteiger partial charge in [-0.1, -0.05) is 5.21 Å². The molecule has 0 fully saturated rings. The molecule has 0 saturated carbocycles. The largest absolute Gasteiger partial charge is 0.274 e. The molecule has 1 aromatic carbocycles. The lowest BCUT2D eigenvalue weighted by Crippen LogP contribution is -1.93. The SMILES string of the molecule is Cc1cc2c(cc1[N+](=O)[O-])nnn2C. The van der Waals surface area contributed by atoms with E-state index in [1.54, 1.807) is 24.7 Å². The van der Waals surface area contributed by atoms with Crippen LogP contribution in [0.1, 0.15) is 5.56 Å². The average molecular weight is 192 g/mol. The number of aromatic nitrogens is 3. The van der Waals surface area contributed by atoms with Crippen LogP contribution in [0.3, 0.4) is 0 Å². The second-order valence-electron chi connectivity index (χ2n) is 3.10. The summed E-state index contributed by atoms with van der Waals surface area (Å²) in [5, 5.41) is 18.2. The molecular weight excluding hydrogens is 184 g/mol. The first-order chi connectivity index (χ1) is 6.59. The van der Waals surface area contributed by atoms with E-state index >= 15 is 0 Å². The Balaban J connectivity index is 2.79. The second-order valence-corrected chi connectivity index (χ2v) is 3.10. The summed E-state index contributed by atoms with van der Waals surface area (Å²) in [4.78, 5) is 10.2. The minimum Gasteiger partial charge on any atom is -0.258 e. The molecule has 0 atom stereocenters. The third kappa shape index (κ3) is 1.12. The Morgan fingerprint density at radius 3 is 2.86 bits per heavy atom. The van der Waals surface area contributed by atoms with Gasteiger partial charge in [-0.15, -0.1) is 5.10 Å². The van der Waals surface area contributed by atoms with Gasteiger partial charge in [0.2, 0.25) is 0 Å². The molecule has 0 saturated heterocycles. The first kappa shape index (κ1) is 8.61. The zero-order chi connectivity index (χ0) is 10.3. The summed E-state index contributed by atoms with van der Waals surface area (Å²) >= 11 is 0. The van der Waals surface area contributed by atoms with Gasteiger partial charge in [0.1, 0.15) is 5.52 Å². The Bertz CT molecular complexity index is 517. The van der Waals surface area contributed by atoms with Crippen LogP contribution in [0.2, 0.25) is 0 Å². The molecule has 0 spiro atoms. The highest BCUT2D eigenvalue weighted by molar-refractivity contribution is 5.78. The molecule has 0 aliphatic rings. The Morgan fingerprint density at radius 1 is 1.50 bits per heavy atom. The first-order valence-corrected chi connectivity index (χ1v) is 4.04. The third-order valence-corrected chi connectivity index (χ3v) is 2.13. The fourth-order valence-electron chi connectivity index (χ4n) is 1.37. The second kappa shape index (κ2) is 2.76. The van der Waals surface area contributed by atoms with Crippen molar-refractivity contribution in [3.8, 4) is 0 Å². The molecule has 6 heteroatoms. The predicted octanol–water partition coefficient (Wildman–Crippen LogP) is 1.18. The fourth-order valence-corrected chi connectivity index (χ4v) is 1.37. The van der Waals surface area contributed by atoms with Crippen molar-refractivity contribution in [2.45, 2.75) is 6.92 Å². The summed E-state index contributed by atoms with van der Waals surface area (Å²) in [5.74, 6) is 0. The summed E-state index contributed by atoms with van der Waals surface area (Å²) in [6.07, 6.45) is 0. The number of hydrogen-bond acceptors (Lipinski definition) is 4. The Morgan fingerprint density at radius 2 is 2.21 bits per heavy atom. The molecule has 1 aromatic heterocycles. The first-order valence-electron chi connectivity index (χ1n) is 4.04. The standard InChI is InChI=1S/C8H8N4O2/c1-5-3-8-6(9-10-11(8)2)4-7(5)12(13)14/h3-4H,1-2H3. The van der Waals surface area contributed by atoms with Gasteiger partial charge >= 0.3 is 0 Å². The summed E-state index contributed by atoms with van der Waals surface area (Å²) in [7, 11) is 1.75. The molecule has 0 radical (unpaired) electrons. The van der Waals surface area contributed by atoms with Gasteiger partial charge in [0, 0.05) is 18.7 Å². The van der Waals surface area contributed by atoms with E-state index in [0.29, 0.717) is 11.1 Å². The van der Waals surface area contributed by atoms with Crippen molar-refractivity contribution in [2.24, 2.45) is 7.05 Å². The third-order valence-electron chi connectivity index (χ3n) is 2.13. The van der Waals surface area contributed by atoms with Crippen LogP contribution in [0.4, 0.5) is 5.69 Å². The molecule has 0 aliphatic heterocycles. The van der Waals surface area contributed by atoms with Crippen molar-refractivity contribution in [3.05, 3.63) is 27.8 Å². The van der Waals surface area contributed by atoms with Gasteiger partial charge in [-0.3, -0.25) is 10.1 Å². The number of fused-ring (bicyclic) bond motifs is 1. The quantitative estimate of drug-likeness (QED) is 0.502. The zero-order valence-electron chi connectivity index (χ0n) is 7.76. The normalized spacial score (nSPS) is 10.7. The van der Waals surface area contributed by atoms with E-state index in [1.807, 2.05) is 0 Å². The van der Waals surface area contributed by atoms with Crippen molar-refractivity contribution < 1.29 is 4.92 Å². The van der Waals surface area contributed by atoms with E-state index in [2.05, 4.69) is 10.3 Å². The maximum absolute atomic E-state index is 10.6. The van der Waals surface area contributed by atoms with Gasteiger partial charge in [0.25, 0.3) is 5.69 Å². The number of aryl methyl sites for hydroxylation is 2. The summed E-state index contributed by atoms with van der Waals surface area (Å²) in [5.41, 5.74) is 2.05. The lowest BCUT2D eigenvalue weighted by atomic mass is 10.2. The van der Waals surface area contributed by atoms with Crippen molar-refractivity contribution in [2.75, 3.05) is 0 Å². The minimum absolute atomic E-state index is 0.0815. The van der Waals surface area contributed by atoms with E-state index in [9.17, 15) is 10.1 Å². The Hall–Kier alpha value is -1.98. The van der Waals surface area contributed by atoms with E-state index < -0.39 is 4.92 Å². The van der Waals surface area contributed by atoms with Crippen molar-refractivity contribution in [1.29, 1.82) is 0 Å². The fraction of sp³-hybridized carbons (Fsp3) is 0.250. The van der Waals surface area contributed by atoms with Gasteiger partial charge < -0.3 is 0 Å². The minimum atomic E-state index is -0.413. The van der Waals surface area contributed by atoms with Crippen molar-refractivity contribution in [1.82, 2.24) is 15.0 Å². The Labute approximate surface area is 79.3 Å². The number of nitro groups is 1. The van der Waals surface area contributed by atoms with Crippen LogP contribution in [-0.4, -0.2) is 19.9 Å². The maximum Gasteiger partial charge on any atom is 0.274 e. The topological polar surface area (TPSA) is 73.8 Å². The summed E-state index contributed by atoms with van der Waals surface area (Å²) < 4.78 is 1.59. The lowest BCUT2D eigenvalue weighted by Gasteiger charge is -1.97. The summed E-state index contributed by atoms with van der Waals surface area (Å²) in [6, 6.07) is 3.16. The van der Waals surface area contributed by atoms with E-state index in [4.69, 9.17) is 0 Å². The van der Waals surface area contributed by atoms with Gasteiger partial charge in [-0.2, -0.15) is 0 Å². The molecule has 0 unspecified atom stereocenters. The molecule has 14 heavy (non-hydrogen) atoms. The molecular formula is C8H8N4O2. The van der Waals surface area contributed by atoms with E-state index in [-0.39, 0.29) is 5.69 Å². The molecule has 0 N–H and O–H groups in total. The molecule has 72 valence electrons. The summed E-state index contributed by atoms with van der Waals surface area (Å²) in [6.45, 7) is 1.70. The zero-order valence-corrected chi connectivity index (χ0v) is 7.76.